The summed E-state index contributed by atoms with van der Waals surface area (Å²) in [5.74, 6) is 2.37. The Kier molecular flexibility index (Phi) is 3.45. The molecule has 2 aliphatic carbocycles. The maximum absolute atomic E-state index is 9.36. The van der Waals surface area contributed by atoms with Crippen LogP contribution in [0.25, 0.3) is 0 Å². The van der Waals surface area contributed by atoms with Gasteiger partial charge in [0.15, 0.2) is 0 Å². The minimum Gasteiger partial charge on any atom is -0.396 e. The highest BCUT2D eigenvalue weighted by atomic mass is 16.3. The van der Waals surface area contributed by atoms with Crippen molar-refractivity contribution in [2.45, 2.75) is 38.5 Å². The first kappa shape index (κ1) is 10.4. The van der Waals surface area contributed by atoms with Crippen molar-refractivity contribution in [3.8, 4) is 0 Å². The molecule has 0 radical (unpaired) electrons. The van der Waals surface area contributed by atoms with Gasteiger partial charge in [-0.2, -0.15) is 0 Å². The minimum atomic E-state index is 0.331. The summed E-state index contributed by atoms with van der Waals surface area (Å²) in [5.41, 5.74) is 0. The predicted molar refractivity (Wildman–Crippen MR) is 55.8 cm³/mol. The van der Waals surface area contributed by atoms with Crippen molar-refractivity contribution >= 4 is 0 Å². The molecule has 0 spiro atoms. The van der Waals surface area contributed by atoms with Gasteiger partial charge in [-0.3, -0.25) is 0 Å². The van der Waals surface area contributed by atoms with Gasteiger partial charge in [-0.15, -0.1) is 0 Å². The lowest BCUT2D eigenvalue weighted by Crippen LogP contribution is -2.40. The first-order valence-corrected chi connectivity index (χ1v) is 6.08. The van der Waals surface area contributed by atoms with Crippen molar-refractivity contribution in [1.29, 1.82) is 0 Å². The van der Waals surface area contributed by atoms with Crippen LogP contribution in [0.15, 0.2) is 0 Å². The second kappa shape index (κ2) is 4.63. The zero-order chi connectivity index (χ0) is 9.97. The molecule has 0 amide bonds. The molecular formula is C12H22O2. The lowest BCUT2D eigenvalue weighted by atomic mass is 9.61. The smallest absolute Gasteiger partial charge is 0.0462 e. The third-order valence-corrected chi connectivity index (χ3v) is 4.40. The molecule has 2 saturated carbocycles. The summed E-state index contributed by atoms with van der Waals surface area (Å²) in [6, 6.07) is 0. The summed E-state index contributed by atoms with van der Waals surface area (Å²) in [7, 11) is 0. The number of hydrogen-bond acceptors (Lipinski definition) is 2. The Morgan fingerprint density at radius 1 is 0.786 bits per heavy atom. The molecule has 2 rings (SSSR count). The molecule has 0 bridgehead atoms. The van der Waals surface area contributed by atoms with E-state index in [0.717, 1.165) is 5.92 Å². The van der Waals surface area contributed by atoms with E-state index in [1.807, 2.05) is 0 Å². The highest BCUT2D eigenvalue weighted by Gasteiger charge is 2.39. The van der Waals surface area contributed by atoms with Crippen LogP contribution in [0, 0.1) is 23.7 Å². The molecule has 14 heavy (non-hydrogen) atoms. The molecule has 82 valence electrons. The maximum Gasteiger partial charge on any atom is 0.0462 e. The van der Waals surface area contributed by atoms with E-state index in [1.54, 1.807) is 0 Å². The van der Waals surface area contributed by atoms with E-state index < -0.39 is 0 Å². The zero-order valence-electron chi connectivity index (χ0n) is 8.86. The third kappa shape index (κ3) is 1.82. The SMILES string of the molecule is OCC1CCCC2CCCC(CO)C12. The highest BCUT2D eigenvalue weighted by Crippen LogP contribution is 2.46. The van der Waals surface area contributed by atoms with Gasteiger partial charge in [0.2, 0.25) is 0 Å². The quantitative estimate of drug-likeness (QED) is 0.710. The molecule has 0 saturated heterocycles. The topological polar surface area (TPSA) is 40.5 Å². The molecule has 0 aromatic carbocycles. The molecule has 0 aromatic heterocycles. The summed E-state index contributed by atoms with van der Waals surface area (Å²) < 4.78 is 0. The molecule has 2 N–H and O–H groups in total. The maximum atomic E-state index is 9.36. The van der Waals surface area contributed by atoms with Gasteiger partial charge >= 0.3 is 0 Å². The van der Waals surface area contributed by atoms with Gasteiger partial charge in [0.05, 0.1) is 0 Å². The van der Waals surface area contributed by atoms with E-state index >= 15 is 0 Å². The Bertz CT molecular complexity index is 152. The largest absolute Gasteiger partial charge is 0.396 e. The van der Waals surface area contributed by atoms with E-state index in [0.29, 0.717) is 31.0 Å². The van der Waals surface area contributed by atoms with Crippen LogP contribution in [0.5, 0.6) is 0 Å². The number of aliphatic hydroxyl groups is 2. The molecule has 2 atom stereocenters. The van der Waals surface area contributed by atoms with Crippen molar-refractivity contribution < 1.29 is 10.2 Å². The summed E-state index contributed by atoms with van der Waals surface area (Å²) in [4.78, 5) is 0. The standard InChI is InChI=1S/C12H22O2/c13-7-10-5-1-3-9-4-2-6-11(8-14)12(9)10/h9-14H,1-8H2. The van der Waals surface area contributed by atoms with Gasteiger partial charge in [0.25, 0.3) is 0 Å². The molecule has 2 fully saturated rings. The fourth-order valence-corrected chi connectivity index (χ4v) is 3.78. The number of hydrogen-bond donors (Lipinski definition) is 2. The van der Waals surface area contributed by atoms with E-state index in [-0.39, 0.29) is 0 Å². The van der Waals surface area contributed by atoms with Crippen molar-refractivity contribution in [2.24, 2.45) is 23.7 Å². The summed E-state index contributed by atoms with van der Waals surface area (Å²) in [5, 5.41) is 18.7. The van der Waals surface area contributed by atoms with Gasteiger partial charge < -0.3 is 10.2 Å². The van der Waals surface area contributed by atoms with Gasteiger partial charge in [0, 0.05) is 13.2 Å². The summed E-state index contributed by atoms with van der Waals surface area (Å²) >= 11 is 0. The summed E-state index contributed by atoms with van der Waals surface area (Å²) in [6.45, 7) is 0.662. The van der Waals surface area contributed by atoms with Crippen LogP contribution in [0.1, 0.15) is 38.5 Å². The fraction of sp³-hybridized carbons (Fsp3) is 1.00. The van der Waals surface area contributed by atoms with Gasteiger partial charge in [-0.25, -0.2) is 0 Å². The average Bonchev–Trinajstić information content (AvgIpc) is 2.27. The molecule has 2 nitrogen and oxygen atoms in total. The first-order chi connectivity index (χ1) is 6.86. The first-order valence-electron chi connectivity index (χ1n) is 6.08. The van der Waals surface area contributed by atoms with Crippen LogP contribution in [-0.2, 0) is 0 Å². The molecule has 2 heteroatoms. The molecular weight excluding hydrogens is 176 g/mol. The third-order valence-electron chi connectivity index (χ3n) is 4.40. The van der Waals surface area contributed by atoms with Gasteiger partial charge in [-0.1, -0.05) is 25.7 Å². The normalized spacial score (nSPS) is 43.3. The monoisotopic (exact) mass is 198 g/mol. The Labute approximate surface area is 86.3 Å². The van der Waals surface area contributed by atoms with Crippen LogP contribution < -0.4 is 0 Å². The predicted octanol–water partition coefficient (Wildman–Crippen LogP) is 1.80. The lowest BCUT2D eigenvalue weighted by molar-refractivity contribution is -0.00450. The van der Waals surface area contributed by atoms with E-state index in [1.165, 1.54) is 38.5 Å². The molecule has 2 aliphatic rings. The fourth-order valence-electron chi connectivity index (χ4n) is 3.78. The Hall–Kier alpha value is -0.0800. The van der Waals surface area contributed by atoms with Crippen LogP contribution in [0.3, 0.4) is 0 Å². The van der Waals surface area contributed by atoms with Crippen molar-refractivity contribution in [3.63, 3.8) is 0 Å². The molecule has 0 heterocycles. The molecule has 0 aromatic rings. The highest BCUT2D eigenvalue weighted by molar-refractivity contribution is 4.89. The summed E-state index contributed by atoms with van der Waals surface area (Å²) in [6.07, 6.45) is 7.58. The Morgan fingerprint density at radius 2 is 1.29 bits per heavy atom. The van der Waals surface area contributed by atoms with Crippen LogP contribution >= 0.6 is 0 Å². The van der Waals surface area contributed by atoms with Crippen molar-refractivity contribution in [1.82, 2.24) is 0 Å². The van der Waals surface area contributed by atoms with Crippen LogP contribution in [0.4, 0.5) is 0 Å². The van der Waals surface area contributed by atoms with Gasteiger partial charge in [0.1, 0.15) is 0 Å². The Morgan fingerprint density at radius 3 is 1.71 bits per heavy atom. The average molecular weight is 198 g/mol. The van der Waals surface area contributed by atoms with E-state index in [2.05, 4.69) is 0 Å². The van der Waals surface area contributed by atoms with Gasteiger partial charge in [-0.05, 0) is 36.5 Å². The second-order valence-electron chi connectivity index (χ2n) is 5.08. The second-order valence-corrected chi connectivity index (χ2v) is 5.08. The van der Waals surface area contributed by atoms with Crippen LogP contribution in [0.2, 0.25) is 0 Å². The molecule has 0 aliphatic heterocycles. The van der Waals surface area contributed by atoms with Crippen molar-refractivity contribution in [2.75, 3.05) is 13.2 Å². The number of fused-ring (bicyclic) bond motifs is 1. The zero-order valence-corrected chi connectivity index (χ0v) is 8.86. The lowest BCUT2D eigenvalue weighted by Gasteiger charge is -2.45. The Balaban J connectivity index is 2.08. The minimum absolute atomic E-state index is 0.331. The van der Waals surface area contributed by atoms with Crippen LogP contribution in [-0.4, -0.2) is 23.4 Å². The number of aliphatic hydroxyl groups excluding tert-OH is 2. The number of rotatable bonds is 2. The van der Waals surface area contributed by atoms with Crippen molar-refractivity contribution in [3.05, 3.63) is 0 Å². The van der Waals surface area contributed by atoms with E-state index in [9.17, 15) is 10.2 Å². The molecule has 2 unspecified atom stereocenters. The van der Waals surface area contributed by atoms with E-state index in [4.69, 9.17) is 0 Å².